The van der Waals surface area contributed by atoms with Crippen LogP contribution in [0.5, 0.6) is 0 Å². The monoisotopic (exact) mass is 281 g/mol. The first-order valence-corrected chi connectivity index (χ1v) is 6.69. The second-order valence-electron chi connectivity index (χ2n) is 4.92. The first kappa shape index (κ1) is 13.9. The molecule has 0 bridgehead atoms. The Hall–Kier alpha value is -1.55. The van der Waals surface area contributed by atoms with Crippen LogP contribution < -0.4 is 4.90 Å². The zero-order valence-corrected chi connectivity index (χ0v) is 11.7. The average molecular weight is 282 g/mol. The van der Waals surface area contributed by atoms with E-state index in [0.29, 0.717) is 24.4 Å². The van der Waals surface area contributed by atoms with Gasteiger partial charge in [-0.1, -0.05) is 0 Å². The molecule has 4 nitrogen and oxygen atoms in total. The summed E-state index contributed by atoms with van der Waals surface area (Å²) in [7, 11) is 0. The Kier molecular flexibility index (Phi) is 3.80. The Labute approximate surface area is 117 Å². The predicted octanol–water partition coefficient (Wildman–Crippen LogP) is 2.59. The molecule has 0 spiro atoms. The third kappa shape index (κ3) is 2.45. The highest BCUT2D eigenvalue weighted by atomic mass is 35.5. The first-order chi connectivity index (χ1) is 8.95. The normalized spacial score (nSPS) is 19.0. The summed E-state index contributed by atoms with van der Waals surface area (Å²) >= 11 is 5.81. The van der Waals surface area contributed by atoms with Crippen LogP contribution in [0.1, 0.15) is 27.9 Å². The maximum absolute atomic E-state index is 12.0. The predicted molar refractivity (Wildman–Crippen MR) is 74.1 cm³/mol. The lowest BCUT2D eigenvalue weighted by Crippen LogP contribution is -2.26. The molecule has 102 valence electrons. The van der Waals surface area contributed by atoms with Gasteiger partial charge in [0.1, 0.15) is 0 Å². The smallest absolute Gasteiger partial charge is 0.335 e. The van der Waals surface area contributed by atoms with E-state index in [1.165, 1.54) is 0 Å². The highest BCUT2D eigenvalue weighted by Crippen LogP contribution is 2.31. The third-order valence-corrected chi connectivity index (χ3v) is 4.14. The van der Waals surface area contributed by atoms with Gasteiger partial charge >= 0.3 is 5.97 Å². The minimum Gasteiger partial charge on any atom is -0.478 e. The number of aromatic carboxylic acids is 1. The molecule has 1 N–H and O–H groups in total. The van der Waals surface area contributed by atoms with E-state index in [0.717, 1.165) is 11.3 Å². The average Bonchev–Trinajstić information content (AvgIpc) is 2.73. The number of halogens is 1. The maximum Gasteiger partial charge on any atom is 0.335 e. The molecule has 1 aliphatic heterocycles. The van der Waals surface area contributed by atoms with Gasteiger partial charge in [0.2, 0.25) is 5.91 Å². The summed E-state index contributed by atoms with van der Waals surface area (Å²) in [6.45, 7) is 4.22. The van der Waals surface area contributed by atoms with Crippen molar-refractivity contribution in [3.8, 4) is 0 Å². The van der Waals surface area contributed by atoms with E-state index in [9.17, 15) is 9.59 Å². The van der Waals surface area contributed by atoms with Crippen molar-refractivity contribution in [1.29, 1.82) is 0 Å². The number of anilines is 1. The van der Waals surface area contributed by atoms with Crippen LogP contribution in [-0.2, 0) is 4.79 Å². The molecule has 1 unspecified atom stereocenters. The molecule has 2 rings (SSSR count). The van der Waals surface area contributed by atoms with Gasteiger partial charge in [-0.3, -0.25) is 4.79 Å². The number of nitrogens with zero attached hydrogens (tertiary/aromatic N) is 1. The molecule has 1 amide bonds. The van der Waals surface area contributed by atoms with Crippen LogP contribution in [0.2, 0.25) is 0 Å². The fraction of sp³-hybridized carbons (Fsp3) is 0.429. The van der Waals surface area contributed by atoms with E-state index in [-0.39, 0.29) is 17.4 Å². The molecule has 1 aromatic rings. The van der Waals surface area contributed by atoms with Crippen molar-refractivity contribution >= 4 is 29.2 Å². The highest BCUT2D eigenvalue weighted by Gasteiger charge is 2.31. The summed E-state index contributed by atoms with van der Waals surface area (Å²) in [5.41, 5.74) is 2.61. The largest absolute Gasteiger partial charge is 0.478 e. The van der Waals surface area contributed by atoms with Gasteiger partial charge in [-0.2, -0.15) is 0 Å². The van der Waals surface area contributed by atoms with Gasteiger partial charge in [0.25, 0.3) is 0 Å². The van der Waals surface area contributed by atoms with Crippen LogP contribution in [-0.4, -0.2) is 29.4 Å². The Morgan fingerprint density at radius 1 is 1.42 bits per heavy atom. The molecular weight excluding hydrogens is 266 g/mol. The van der Waals surface area contributed by atoms with E-state index in [2.05, 4.69) is 0 Å². The number of carbonyl (C=O) groups is 2. The number of carboxylic acids is 1. The molecule has 0 aromatic heterocycles. The molecule has 1 atom stereocenters. The number of hydrogen-bond acceptors (Lipinski definition) is 2. The summed E-state index contributed by atoms with van der Waals surface area (Å²) in [5, 5.41) is 9.08. The number of hydrogen-bond donors (Lipinski definition) is 1. The summed E-state index contributed by atoms with van der Waals surface area (Å²) in [4.78, 5) is 24.8. The highest BCUT2D eigenvalue weighted by molar-refractivity contribution is 6.18. The number of carboxylic acid groups (broad SMARTS) is 1. The van der Waals surface area contributed by atoms with Crippen molar-refractivity contribution in [1.82, 2.24) is 0 Å². The molecule has 19 heavy (non-hydrogen) atoms. The standard InChI is InChI=1S/C14H16ClNO3/c1-8-9(2)12(4-3-11(8)14(18)19)16-7-10(6-15)5-13(16)17/h3-4,10H,5-7H2,1-2H3,(H,18,19). The van der Waals surface area contributed by atoms with Crippen LogP contribution in [0, 0.1) is 19.8 Å². The molecule has 0 radical (unpaired) electrons. The topological polar surface area (TPSA) is 57.6 Å². The van der Waals surface area contributed by atoms with Crippen molar-refractivity contribution in [3.05, 3.63) is 28.8 Å². The molecule has 0 saturated carbocycles. The van der Waals surface area contributed by atoms with Crippen molar-refractivity contribution in [2.45, 2.75) is 20.3 Å². The molecule has 1 saturated heterocycles. The summed E-state index contributed by atoms with van der Waals surface area (Å²) in [6.07, 6.45) is 0.461. The summed E-state index contributed by atoms with van der Waals surface area (Å²) in [5.74, 6) is -0.254. The Balaban J connectivity index is 2.39. The zero-order chi connectivity index (χ0) is 14.2. The molecule has 1 aliphatic rings. The summed E-state index contributed by atoms with van der Waals surface area (Å²) < 4.78 is 0. The fourth-order valence-corrected chi connectivity index (χ4v) is 2.65. The van der Waals surface area contributed by atoms with Gasteiger partial charge in [-0.15, -0.1) is 11.6 Å². The van der Waals surface area contributed by atoms with Gasteiger partial charge in [-0.05, 0) is 43.0 Å². The lowest BCUT2D eigenvalue weighted by Gasteiger charge is -2.21. The van der Waals surface area contributed by atoms with Crippen molar-refractivity contribution in [2.75, 3.05) is 17.3 Å². The SMILES string of the molecule is Cc1c(C(=O)O)ccc(N2CC(CCl)CC2=O)c1C. The fourth-order valence-electron chi connectivity index (χ4n) is 2.45. The molecule has 0 aliphatic carbocycles. The van der Waals surface area contributed by atoms with Crippen molar-refractivity contribution < 1.29 is 14.7 Å². The Morgan fingerprint density at radius 3 is 2.63 bits per heavy atom. The zero-order valence-electron chi connectivity index (χ0n) is 10.9. The van der Waals surface area contributed by atoms with Crippen LogP contribution in [0.4, 0.5) is 5.69 Å². The van der Waals surface area contributed by atoms with Gasteiger partial charge in [-0.25, -0.2) is 4.79 Å². The van der Waals surface area contributed by atoms with E-state index >= 15 is 0 Å². The second kappa shape index (κ2) is 5.21. The lowest BCUT2D eigenvalue weighted by molar-refractivity contribution is -0.117. The van der Waals surface area contributed by atoms with Gasteiger partial charge in [0, 0.05) is 24.5 Å². The molecule has 5 heteroatoms. The maximum atomic E-state index is 12.0. The van der Waals surface area contributed by atoms with Crippen LogP contribution in [0.15, 0.2) is 12.1 Å². The minimum atomic E-state index is -0.946. The van der Waals surface area contributed by atoms with E-state index in [1.54, 1.807) is 24.0 Å². The molecule has 1 heterocycles. The number of carbonyl (C=O) groups excluding carboxylic acids is 1. The summed E-state index contributed by atoms with van der Waals surface area (Å²) in [6, 6.07) is 3.27. The first-order valence-electron chi connectivity index (χ1n) is 6.15. The van der Waals surface area contributed by atoms with Crippen LogP contribution in [0.25, 0.3) is 0 Å². The van der Waals surface area contributed by atoms with Gasteiger partial charge in [0.05, 0.1) is 5.56 Å². The van der Waals surface area contributed by atoms with Crippen molar-refractivity contribution in [3.63, 3.8) is 0 Å². The molecule has 1 aromatic carbocycles. The van der Waals surface area contributed by atoms with Crippen LogP contribution in [0.3, 0.4) is 0 Å². The number of amides is 1. The quantitative estimate of drug-likeness (QED) is 0.867. The van der Waals surface area contributed by atoms with Gasteiger partial charge < -0.3 is 10.0 Å². The third-order valence-electron chi connectivity index (χ3n) is 3.70. The lowest BCUT2D eigenvalue weighted by atomic mass is 10.0. The van der Waals surface area contributed by atoms with Crippen molar-refractivity contribution in [2.24, 2.45) is 5.92 Å². The Morgan fingerprint density at radius 2 is 2.11 bits per heavy atom. The second-order valence-corrected chi connectivity index (χ2v) is 5.22. The number of alkyl halides is 1. The number of rotatable bonds is 3. The van der Waals surface area contributed by atoms with E-state index in [4.69, 9.17) is 16.7 Å². The molecule has 1 fully saturated rings. The molecular formula is C14H16ClNO3. The Bertz CT molecular complexity index is 542. The van der Waals surface area contributed by atoms with E-state index in [1.807, 2.05) is 6.92 Å². The van der Waals surface area contributed by atoms with Crippen LogP contribution >= 0.6 is 11.6 Å². The number of benzene rings is 1. The van der Waals surface area contributed by atoms with Gasteiger partial charge in [0.15, 0.2) is 0 Å². The minimum absolute atomic E-state index is 0.0521. The van der Waals surface area contributed by atoms with E-state index < -0.39 is 5.97 Å².